The average molecular weight is 415 g/mol. The molecule has 0 aliphatic carbocycles. The second-order valence-corrected chi connectivity index (χ2v) is 7.76. The monoisotopic (exact) mass is 414 g/mol. The second kappa shape index (κ2) is 8.57. The molecular formula is C20H15ClN2O2S2. The molecule has 0 radical (unpaired) electrons. The van der Waals surface area contributed by atoms with Crippen LogP contribution in [0.5, 0.6) is 5.75 Å². The summed E-state index contributed by atoms with van der Waals surface area (Å²) in [6, 6.07) is 14.7. The van der Waals surface area contributed by atoms with Crippen molar-refractivity contribution in [3.63, 3.8) is 0 Å². The normalized spacial score (nSPS) is 15.3. The van der Waals surface area contributed by atoms with Gasteiger partial charge in [0.15, 0.2) is 0 Å². The fraction of sp³-hybridized carbons (Fsp3) is 0.150. The van der Waals surface area contributed by atoms with Crippen molar-refractivity contribution in [3.8, 4) is 11.8 Å². The number of carbonyl (C=O) groups is 1. The number of ether oxygens (including phenoxy) is 1. The summed E-state index contributed by atoms with van der Waals surface area (Å²) in [4.78, 5) is 14.4. The van der Waals surface area contributed by atoms with E-state index < -0.39 is 0 Å². The number of amides is 1. The summed E-state index contributed by atoms with van der Waals surface area (Å²) in [7, 11) is 0. The number of rotatable bonds is 5. The number of halogens is 1. The molecule has 1 aliphatic heterocycles. The van der Waals surface area contributed by atoms with Gasteiger partial charge in [-0.3, -0.25) is 9.69 Å². The van der Waals surface area contributed by atoms with Crippen LogP contribution in [-0.4, -0.2) is 21.7 Å². The summed E-state index contributed by atoms with van der Waals surface area (Å²) in [6.45, 7) is 2.69. The van der Waals surface area contributed by atoms with Crippen LogP contribution in [0.3, 0.4) is 0 Å². The largest absolute Gasteiger partial charge is 0.487 e. The Morgan fingerprint density at radius 2 is 2.11 bits per heavy atom. The van der Waals surface area contributed by atoms with Crippen LogP contribution in [0.1, 0.15) is 23.6 Å². The number of likely N-dealkylation sites (N-methyl/N-ethyl adjacent to an activating group) is 1. The van der Waals surface area contributed by atoms with Crippen LogP contribution in [0.2, 0.25) is 5.02 Å². The first-order valence-corrected chi connectivity index (χ1v) is 9.79. The highest BCUT2D eigenvalue weighted by Crippen LogP contribution is 2.34. The van der Waals surface area contributed by atoms with Crippen LogP contribution in [0.15, 0.2) is 47.4 Å². The third-order valence-electron chi connectivity index (χ3n) is 3.96. The Labute approximate surface area is 172 Å². The van der Waals surface area contributed by atoms with Gasteiger partial charge in [0.2, 0.25) is 0 Å². The summed E-state index contributed by atoms with van der Waals surface area (Å²) in [5.41, 5.74) is 2.16. The van der Waals surface area contributed by atoms with Gasteiger partial charge in [-0.2, -0.15) is 5.26 Å². The van der Waals surface area contributed by atoms with Crippen LogP contribution in [-0.2, 0) is 11.4 Å². The van der Waals surface area contributed by atoms with Crippen molar-refractivity contribution < 1.29 is 9.53 Å². The average Bonchev–Trinajstić information content (AvgIpc) is 2.94. The summed E-state index contributed by atoms with van der Waals surface area (Å²) >= 11 is 12.8. The molecule has 0 atom stereocenters. The molecule has 7 heteroatoms. The summed E-state index contributed by atoms with van der Waals surface area (Å²) in [5, 5.41) is 9.57. The molecule has 2 aromatic rings. The first-order chi connectivity index (χ1) is 13.0. The van der Waals surface area contributed by atoms with E-state index in [9.17, 15) is 4.79 Å². The van der Waals surface area contributed by atoms with E-state index >= 15 is 0 Å². The van der Waals surface area contributed by atoms with Gasteiger partial charge < -0.3 is 4.74 Å². The van der Waals surface area contributed by atoms with E-state index in [1.807, 2.05) is 31.2 Å². The van der Waals surface area contributed by atoms with Crippen molar-refractivity contribution in [2.24, 2.45) is 0 Å². The number of benzene rings is 2. The molecule has 1 saturated heterocycles. The Balaban J connectivity index is 1.75. The zero-order chi connectivity index (χ0) is 19.4. The fourth-order valence-corrected chi connectivity index (χ4v) is 4.19. The molecule has 0 N–H and O–H groups in total. The standard InChI is InChI=1S/C20H15ClN2O2S2/c1-2-23-19(24)18(27-20(23)26)10-13-7-8-17(16(21)9-13)25-12-15-6-4-3-5-14(15)11-22/h3-10H,2,12H2,1H3/b18-10-. The molecule has 0 spiro atoms. The molecule has 0 aromatic heterocycles. The molecule has 27 heavy (non-hydrogen) atoms. The molecule has 0 unspecified atom stereocenters. The summed E-state index contributed by atoms with van der Waals surface area (Å²) in [5.74, 6) is 0.430. The van der Waals surface area contributed by atoms with Gasteiger partial charge in [-0.1, -0.05) is 59.8 Å². The van der Waals surface area contributed by atoms with Gasteiger partial charge in [-0.25, -0.2) is 0 Å². The number of carbonyl (C=O) groups excluding carboxylic acids is 1. The van der Waals surface area contributed by atoms with Crippen molar-refractivity contribution in [1.82, 2.24) is 4.90 Å². The summed E-state index contributed by atoms with van der Waals surface area (Å²) < 4.78 is 6.32. The maximum Gasteiger partial charge on any atom is 0.266 e. The number of nitriles is 1. The van der Waals surface area contributed by atoms with Crippen LogP contribution in [0.4, 0.5) is 0 Å². The Hall–Kier alpha value is -2.33. The topological polar surface area (TPSA) is 53.3 Å². The molecule has 1 heterocycles. The molecule has 1 aliphatic rings. The lowest BCUT2D eigenvalue weighted by Gasteiger charge is -2.10. The minimum atomic E-state index is -0.0861. The maximum atomic E-state index is 12.3. The molecule has 2 aromatic carbocycles. The zero-order valence-electron chi connectivity index (χ0n) is 14.4. The Kier molecular flexibility index (Phi) is 6.17. The Morgan fingerprint density at radius 3 is 2.78 bits per heavy atom. The lowest BCUT2D eigenvalue weighted by atomic mass is 10.1. The number of thioether (sulfide) groups is 1. The Morgan fingerprint density at radius 1 is 1.33 bits per heavy atom. The molecule has 136 valence electrons. The van der Waals surface area contributed by atoms with E-state index in [1.54, 1.807) is 29.2 Å². The van der Waals surface area contributed by atoms with Gasteiger partial charge in [-0.05, 0) is 36.8 Å². The van der Waals surface area contributed by atoms with Gasteiger partial charge in [0, 0.05) is 12.1 Å². The lowest BCUT2D eigenvalue weighted by Crippen LogP contribution is -2.27. The maximum absolute atomic E-state index is 12.3. The van der Waals surface area contributed by atoms with Crippen LogP contribution >= 0.6 is 35.6 Å². The van der Waals surface area contributed by atoms with E-state index in [0.717, 1.165) is 11.1 Å². The first kappa shape index (κ1) is 19.4. The summed E-state index contributed by atoms with van der Waals surface area (Å²) in [6.07, 6.45) is 1.77. The molecule has 0 saturated carbocycles. The van der Waals surface area contributed by atoms with E-state index in [-0.39, 0.29) is 12.5 Å². The number of nitrogens with zero attached hydrogens (tertiary/aromatic N) is 2. The molecule has 1 fully saturated rings. The van der Waals surface area contributed by atoms with Gasteiger partial charge in [0.25, 0.3) is 5.91 Å². The number of thiocarbonyl (C=S) groups is 1. The molecule has 3 rings (SSSR count). The van der Waals surface area contributed by atoms with Gasteiger partial charge in [0.1, 0.15) is 16.7 Å². The van der Waals surface area contributed by atoms with Crippen molar-refractivity contribution in [3.05, 3.63) is 69.1 Å². The lowest BCUT2D eigenvalue weighted by molar-refractivity contribution is -0.121. The molecular weight excluding hydrogens is 400 g/mol. The van der Waals surface area contributed by atoms with Crippen LogP contribution in [0, 0.1) is 11.3 Å². The van der Waals surface area contributed by atoms with E-state index in [2.05, 4.69) is 6.07 Å². The predicted octanol–water partition coefficient (Wildman–Crippen LogP) is 5.01. The predicted molar refractivity (Wildman–Crippen MR) is 112 cm³/mol. The molecule has 4 nitrogen and oxygen atoms in total. The Bertz CT molecular complexity index is 982. The third kappa shape index (κ3) is 4.33. The minimum absolute atomic E-state index is 0.0861. The second-order valence-electron chi connectivity index (χ2n) is 5.67. The molecule has 0 bridgehead atoms. The van der Waals surface area contributed by atoms with E-state index in [4.69, 9.17) is 33.8 Å². The SMILES string of the molecule is CCN1C(=O)/C(=C/c2ccc(OCc3ccccc3C#N)c(Cl)c2)SC1=S. The van der Waals surface area contributed by atoms with Crippen molar-refractivity contribution in [2.45, 2.75) is 13.5 Å². The van der Waals surface area contributed by atoms with E-state index in [1.165, 1.54) is 11.8 Å². The zero-order valence-corrected chi connectivity index (χ0v) is 16.8. The quantitative estimate of drug-likeness (QED) is 0.508. The van der Waals surface area contributed by atoms with Crippen molar-refractivity contribution >= 4 is 51.9 Å². The fourth-order valence-electron chi connectivity index (χ4n) is 2.56. The third-order valence-corrected chi connectivity index (χ3v) is 5.64. The minimum Gasteiger partial charge on any atom is -0.487 e. The smallest absolute Gasteiger partial charge is 0.266 e. The highest BCUT2D eigenvalue weighted by atomic mass is 35.5. The van der Waals surface area contributed by atoms with Crippen LogP contribution in [0.25, 0.3) is 6.08 Å². The molecule has 1 amide bonds. The number of hydrogen-bond acceptors (Lipinski definition) is 5. The number of hydrogen-bond donors (Lipinski definition) is 0. The first-order valence-electron chi connectivity index (χ1n) is 8.19. The van der Waals surface area contributed by atoms with Gasteiger partial charge in [0.05, 0.1) is 21.6 Å². The highest BCUT2D eigenvalue weighted by Gasteiger charge is 2.30. The van der Waals surface area contributed by atoms with Crippen molar-refractivity contribution in [2.75, 3.05) is 6.54 Å². The van der Waals surface area contributed by atoms with E-state index in [0.29, 0.717) is 32.1 Å². The van der Waals surface area contributed by atoms with Gasteiger partial charge >= 0.3 is 0 Å². The van der Waals surface area contributed by atoms with Crippen molar-refractivity contribution in [1.29, 1.82) is 5.26 Å². The highest BCUT2D eigenvalue weighted by molar-refractivity contribution is 8.26. The van der Waals surface area contributed by atoms with Gasteiger partial charge in [-0.15, -0.1) is 0 Å². The van der Waals surface area contributed by atoms with Crippen LogP contribution < -0.4 is 4.74 Å².